The first kappa shape index (κ1) is 7.43. The van der Waals surface area contributed by atoms with E-state index in [9.17, 15) is 9.32 Å². The Labute approximate surface area is 56.8 Å². The molecule has 0 radical (unpaired) electrons. The molecule has 1 aliphatic heterocycles. The van der Waals surface area contributed by atoms with E-state index < -0.39 is 11.8 Å². The van der Waals surface area contributed by atoms with Gasteiger partial charge >= 0.3 is 5.97 Å². The van der Waals surface area contributed by atoms with Crippen LogP contribution in [-0.4, -0.2) is 25.0 Å². The fraction of sp³-hybridized carbons (Fsp3) is 0.800. The molecule has 0 unspecified atom stereocenters. The molecule has 1 rings (SSSR count). The normalized spacial score (nSPS) is 22.6. The van der Waals surface area contributed by atoms with E-state index >= 15 is 0 Å². The van der Waals surface area contributed by atoms with Gasteiger partial charge in [0.15, 0.2) is 0 Å². The lowest BCUT2D eigenvalue weighted by Crippen LogP contribution is -2.36. The molecule has 0 atom stereocenters. The largest absolute Gasteiger partial charge is 0.407 e. The Morgan fingerprint density at radius 2 is 2.10 bits per heavy atom. The lowest BCUT2D eigenvalue weighted by Gasteiger charge is -2.15. The molecule has 5 heteroatoms. The fourth-order valence-electron chi connectivity index (χ4n) is 0.702. The average Bonchev–Trinajstić information content (AvgIpc) is 2.36. The summed E-state index contributed by atoms with van der Waals surface area (Å²) in [5.74, 6) is -2.68. The van der Waals surface area contributed by atoms with Crippen LogP contribution >= 0.6 is 0 Å². The second-order valence-corrected chi connectivity index (χ2v) is 2.01. The predicted octanol–water partition coefficient (Wildman–Crippen LogP) is 0.177. The monoisotopic (exact) mass is 150 g/mol. The van der Waals surface area contributed by atoms with E-state index in [4.69, 9.17) is 9.47 Å². The summed E-state index contributed by atoms with van der Waals surface area (Å²) in [5.41, 5.74) is 0. The molecule has 0 spiro atoms. The number of rotatable bonds is 1. The number of carbonyl (C=O) groups excluding carboxylic acids is 1. The van der Waals surface area contributed by atoms with Crippen molar-refractivity contribution < 1.29 is 23.7 Å². The van der Waals surface area contributed by atoms with E-state index in [-0.39, 0.29) is 13.2 Å². The van der Waals surface area contributed by atoms with Gasteiger partial charge in [0.1, 0.15) is 0 Å². The third kappa shape index (κ3) is 1.10. The molecule has 1 fully saturated rings. The Morgan fingerprint density at radius 1 is 1.60 bits per heavy atom. The smallest absolute Gasteiger partial charge is 0.338 e. The molecule has 1 heterocycles. The van der Waals surface area contributed by atoms with Crippen molar-refractivity contribution in [3.05, 3.63) is 0 Å². The highest BCUT2D eigenvalue weighted by Gasteiger charge is 2.42. The molecular weight excluding hydrogens is 143 g/mol. The van der Waals surface area contributed by atoms with Crippen molar-refractivity contribution in [1.29, 1.82) is 0 Å². The van der Waals surface area contributed by atoms with Gasteiger partial charge in [0.2, 0.25) is 0 Å². The van der Waals surface area contributed by atoms with Gasteiger partial charge in [0.05, 0.1) is 13.2 Å². The molecule has 0 saturated carbocycles. The first-order valence-corrected chi connectivity index (χ1v) is 2.80. The van der Waals surface area contributed by atoms with Crippen molar-refractivity contribution in [2.24, 2.45) is 0 Å². The van der Waals surface area contributed by atoms with Crippen LogP contribution in [0, 0.1) is 0 Å². The first-order chi connectivity index (χ1) is 4.69. The summed E-state index contributed by atoms with van der Waals surface area (Å²) >= 11 is 0. The SMILES string of the molecule is CC1(C(=O)OF)OCCO1. The summed E-state index contributed by atoms with van der Waals surface area (Å²) in [4.78, 5) is 13.4. The molecule has 0 N–H and O–H groups in total. The number of hydrogen-bond donors (Lipinski definition) is 0. The van der Waals surface area contributed by atoms with Crippen molar-refractivity contribution in [1.82, 2.24) is 0 Å². The van der Waals surface area contributed by atoms with E-state index in [0.717, 1.165) is 0 Å². The number of ether oxygens (including phenoxy) is 2. The molecular formula is C5H7FO4. The molecule has 58 valence electrons. The summed E-state index contributed by atoms with van der Waals surface area (Å²) in [7, 11) is 0. The van der Waals surface area contributed by atoms with Crippen molar-refractivity contribution in [3.8, 4) is 0 Å². The van der Waals surface area contributed by atoms with Crippen LogP contribution in [0.1, 0.15) is 6.92 Å². The van der Waals surface area contributed by atoms with Gasteiger partial charge in [-0.05, 0) is 0 Å². The van der Waals surface area contributed by atoms with Crippen molar-refractivity contribution in [2.75, 3.05) is 13.2 Å². The summed E-state index contributed by atoms with van der Waals surface area (Å²) < 4.78 is 20.8. The average molecular weight is 150 g/mol. The van der Waals surface area contributed by atoms with Crippen molar-refractivity contribution in [3.63, 3.8) is 0 Å². The van der Waals surface area contributed by atoms with Crippen LogP contribution in [0.2, 0.25) is 0 Å². The summed E-state index contributed by atoms with van der Waals surface area (Å²) in [6.07, 6.45) is 0. The molecule has 4 nitrogen and oxygen atoms in total. The van der Waals surface area contributed by atoms with Crippen LogP contribution in [0.5, 0.6) is 0 Å². The number of carbonyl (C=O) groups is 1. The van der Waals surface area contributed by atoms with Gasteiger partial charge in [-0.15, -0.1) is 0 Å². The highest BCUT2D eigenvalue weighted by molar-refractivity contribution is 5.76. The van der Waals surface area contributed by atoms with E-state index in [2.05, 4.69) is 4.94 Å². The molecule has 1 saturated heterocycles. The zero-order chi connectivity index (χ0) is 7.61. The maximum Gasteiger partial charge on any atom is 0.407 e. The topological polar surface area (TPSA) is 44.8 Å². The molecule has 0 aromatic heterocycles. The van der Waals surface area contributed by atoms with Gasteiger partial charge in [0.25, 0.3) is 5.79 Å². The van der Waals surface area contributed by atoms with Crippen LogP contribution < -0.4 is 0 Å². The molecule has 0 aliphatic carbocycles. The third-order valence-corrected chi connectivity index (χ3v) is 1.28. The van der Waals surface area contributed by atoms with Crippen LogP contribution in [-0.2, 0) is 19.2 Å². The van der Waals surface area contributed by atoms with Gasteiger partial charge in [-0.1, -0.05) is 0 Å². The van der Waals surface area contributed by atoms with Crippen LogP contribution in [0.3, 0.4) is 0 Å². The summed E-state index contributed by atoms with van der Waals surface area (Å²) in [6, 6.07) is 0. The minimum absolute atomic E-state index is 0.283. The Hall–Kier alpha value is -0.680. The summed E-state index contributed by atoms with van der Waals surface area (Å²) in [6.45, 7) is 1.87. The Kier molecular flexibility index (Phi) is 1.87. The van der Waals surface area contributed by atoms with Gasteiger partial charge in [-0.25, -0.2) is 9.74 Å². The number of hydrogen-bond acceptors (Lipinski definition) is 4. The molecule has 0 amide bonds. The van der Waals surface area contributed by atoms with Crippen LogP contribution in [0.15, 0.2) is 0 Å². The van der Waals surface area contributed by atoms with Gasteiger partial charge in [-0.3, -0.25) is 0 Å². The fourth-order valence-corrected chi connectivity index (χ4v) is 0.702. The van der Waals surface area contributed by atoms with E-state index in [1.54, 1.807) is 0 Å². The van der Waals surface area contributed by atoms with E-state index in [0.29, 0.717) is 0 Å². The Balaban J connectivity index is 2.58. The maximum atomic E-state index is 11.3. The second-order valence-electron chi connectivity index (χ2n) is 2.01. The first-order valence-electron chi connectivity index (χ1n) is 2.80. The molecule has 0 bridgehead atoms. The minimum atomic E-state index is -1.53. The lowest BCUT2D eigenvalue weighted by atomic mass is 10.3. The van der Waals surface area contributed by atoms with E-state index in [1.807, 2.05) is 0 Å². The highest BCUT2D eigenvalue weighted by atomic mass is 19.3. The molecule has 0 aromatic rings. The van der Waals surface area contributed by atoms with Crippen LogP contribution in [0.25, 0.3) is 0 Å². The minimum Gasteiger partial charge on any atom is -0.338 e. The lowest BCUT2D eigenvalue weighted by molar-refractivity contribution is -0.234. The van der Waals surface area contributed by atoms with Crippen molar-refractivity contribution >= 4 is 5.97 Å². The predicted molar refractivity (Wildman–Crippen MR) is 27.5 cm³/mol. The van der Waals surface area contributed by atoms with E-state index in [1.165, 1.54) is 6.92 Å². The standard InChI is InChI=1S/C5H7FO4/c1-5(4(7)10-6)8-2-3-9-5/h2-3H2,1H3. The third-order valence-electron chi connectivity index (χ3n) is 1.28. The van der Waals surface area contributed by atoms with Crippen molar-refractivity contribution in [2.45, 2.75) is 12.7 Å². The van der Waals surface area contributed by atoms with Gasteiger partial charge < -0.3 is 9.47 Å². The molecule has 1 aliphatic rings. The van der Waals surface area contributed by atoms with Gasteiger partial charge in [-0.2, -0.15) is 0 Å². The quantitative estimate of drug-likeness (QED) is 0.534. The van der Waals surface area contributed by atoms with Gasteiger partial charge in [0, 0.05) is 11.4 Å². The Morgan fingerprint density at radius 3 is 2.50 bits per heavy atom. The zero-order valence-electron chi connectivity index (χ0n) is 5.43. The Bertz CT molecular complexity index is 141. The maximum absolute atomic E-state index is 11.3. The second kappa shape index (κ2) is 2.51. The van der Waals surface area contributed by atoms with Crippen LogP contribution in [0.4, 0.5) is 4.53 Å². The summed E-state index contributed by atoms with van der Waals surface area (Å²) in [5, 5.41) is 0. The molecule has 10 heavy (non-hydrogen) atoms. The highest BCUT2D eigenvalue weighted by Crippen LogP contribution is 2.19. The zero-order valence-corrected chi connectivity index (χ0v) is 5.43. The number of halogens is 1. The molecule has 0 aromatic carbocycles.